The van der Waals surface area contributed by atoms with E-state index in [2.05, 4.69) is 10.1 Å². The van der Waals surface area contributed by atoms with Crippen LogP contribution in [-0.4, -0.2) is 74.6 Å². The second-order valence-corrected chi connectivity index (χ2v) is 7.00. The van der Waals surface area contributed by atoms with Gasteiger partial charge in [-0.15, -0.1) is 0 Å². The SMILES string of the molecule is Cc1cnc2c(C(=O)N3C[C@H]4CN(C)C[C@@]4(C(=O)O)C3)cnn2c1. The summed E-state index contributed by atoms with van der Waals surface area (Å²) in [6.45, 7) is 3.77. The average molecular weight is 329 g/mol. The molecule has 0 bridgehead atoms. The van der Waals surface area contributed by atoms with Crippen LogP contribution in [0.2, 0.25) is 0 Å². The molecule has 1 amide bonds. The number of amides is 1. The number of aromatic nitrogens is 3. The topological polar surface area (TPSA) is 91.0 Å². The standard InChI is InChI=1S/C16H19N5O3/c1-10-3-17-13-12(4-18-21(13)5-10)14(22)20-7-11-6-19(2)8-16(11,9-20)15(23)24/h3-5,11H,6-9H2,1-2H3,(H,23,24)/t11-,16-/m1/s1. The highest BCUT2D eigenvalue weighted by Gasteiger charge is 2.57. The summed E-state index contributed by atoms with van der Waals surface area (Å²) in [4.78, 5) is 32.7. The first kappa shape index (κ1) is 15.1. The fourth-order valence-corrected chi connectivity index (χ4v) is 4.06. The van der Waals surface area contributed by atoms with Crippen LogP contribution in [0.15, 0.2) is 18.6 Å². The highest BCUT2D eigenvalue weighted by Crippen LogP contribution is 2.42. The summed E-state index contributed by atoms with van der Waals surface area (Å²) in [7, 11) is 1.92. The smallest absolute Gasteiger partial charge is 0.313 e. The molecule has 0 unspecified atom stereocenters. The fraction of sp³-hybridized carbons (Fsp3) is 0.500. The van der Waals surface area contributed by atoms with Crippen molar-refractivity contribution < 1.29 is 14.7 Å². The molecule has 4 heterocycles. The molecule has 8 heteroatoms. The van der Waals surface area contributed by atoms with Crippen LogP contribution in [0.25, 0.3) is 5.65 Å². The van der Waals surface area contributed by atoms with Crippen molar-refractivity contribution in [1.82, 2.24) is 24.4 Å². The molecule has 4 rings (SSSR count). The van der Waals surface area contributed by atoms with Gasteiger partial charge < -0.3 is 14.9 Å². The Balaban J connectivity index is 1.65. The molecule has 2 aliphatic rings. The molecule has 2 aromatic heterocycles. The Labute approximate surface area is 138 Å². The van der Waals surface area contributed by atoms with Gasteiger partial charge in [-0.2, -0.15) is 5.10 Å². The second-order valence-electron chi connectivity index (χ2n) is 7.00. The van der Waals surface area contributed by atoms with Crippen LogP contribution in [0.4, 0.5) is 0 Å². The Morgan fingerprint density at radius 2 is 2.08 bits per heavy atom. The molecule has 0 spiro atoms. The van der Waals surface area contributed by atoms with Gasteiger partial charge in [0.1, 0.15) is 11.0 Å². The number of likely N-dealkylation sites (tertiary alicyclic amines) is 2. The molecule has 2 aromatic rings. The van der Waals surface area contributed by atoms with E-state index < -0.39 is 11.4 Å². The maximum atomic E-state index is 12.9. The molecule has 126 valence electrons. The summed E-state index contributed by atoms with van der Waals surface area (Å²) >= 11 is 0. The van der Waals surface area contributed by atoms with E-state index >= 15 is 0 Å². The van der Waals surface area contributed by atoms with E-state index in [0.29, 0.717) is 30.8 Å². The molecule has 8 nitrogen and oxygen atoms in total. The van der Waals surface area contributed by atoms with E-state index in [1.807, 2.05) is 25.1 Å². The van der Waals surface area contributed by atoms with Gasteiger partial charge in [0.2, 0.25) is 0 Å². The zero-order chi connectivity index (χ0) is 17.1. The van der Waals surface area contributed by atoms with Crippen LogP contribution >= 0.6 is 0 Å². The number of hydrogen-bond donors (Lipinski definition) is 1. The maximum absolute atomic E-state index is 12.9. The number of rotatable bonds is 2. The molecule has 2 fully saturated rings. The van der Waals surface area contributed by atoms with E-state index in [1.165, 1.54) is 6.20 Å². The summed E-state index contributed by atoms with van der Waals surface area (Å²) in [5.41, 5.74) is 1.01. The van der Waals surface area contributed by atoms with Crippen molar-refractivity contribution in [2.24, 2.45) is 11.3 Å². The van der Waals surface area contributed by atoms with Crippen LogP contribution in [0.1, 0.15) is 15.9 Å². The molecule has 0 aliphatic carbocycles. The monoisotopic (exact) mass is 329 g/mol. The molecule has 24 heavy (non-hydrogen) atoms. The summed E-state index contributed by atoms with van der Waals surface area (Å²) in [6, 6.07) is 0. The predicted octanol–water partition coefficient (Wildman–Crippen LogP) is 0.126. The number of aliphatic carboxylic acids is 1. The number of aryl methyl sites for hydroxylation is 1. The summed E-state index contributed by atoms with van der Waals surface area (Å²) in [6.07, 6.45) is 5.02. The highest BCUT2D eigenvalue weighted by molar-refractivity contribution is 6.00. The largest absolute Gasteiger partial charge is 0.481 e. The van der Waals surface area contributed by atoms with Gasteiger partial charge in [-0.3, -0.25) is 9.59 Å². The number of carboxylic acids is 1. The second kappa shape index (κ2) is 5.01. The normalized spacial score (nSPS) is 26.9. The van der Waals surface area contributed by atoms with Crippen LogP contribution < -0.4 is 0 Å². The zero-order valence-corrected chi connectivity index (χ0v) is 13.6. The van der Waals surface area contributed by atoms with E-state index in [4.69, 9.17) is 0 Å². The predicted molar refractivity (Wildman–Crippen MR) is 84.7 cm³/mol. The first-order valence-corrected chi connectivity index (χ1v) is 7.92. The fourth-order valence-electron chi connectivity index (χ4n) is 4.06. The minimum Gasteiger partial charge on any atom is -0.481 e. The van der Waals surface area contributed by atoms with Gasteiger partial charge in [0.15, 0.2) is 5.65 Å². The van der Waals surface area contributed by atoms with Gasteiger partial charge in [0, 0.05) is 44.5 Å². The van der Waals surface area contributed by atoms with Crippen molar-refractivity contribution in [1.29, 1.82) is 0 Å². The van der Waals surface area contributed by atoms with Gasteiger partial charge in [-0.25, -0.2) is 9.50 Å². The Hall–Kier alpha value is -2.48. The van der Waals surface area contributed by atoms with Gasteiger partial charge in [-0.1, -0.05) is 0 Å². The van der Waals surface area contributed by atoms with Gasteiger partial charge in [0.25, 0.3) is 5.91 Å². The summed E-state index contributed by atoms with van der Waals surface area (Å²) in [5.74, 6) is -1.05. The third-order valence-electron chi connectivity index (χ3n) is 5.21. The average Bonchev–Trinajstić information content (AvgIpc) is 3.16. The third kappa shape index (κ3) is 2.02. The first-order chi connectivity index (χ1) is 11.4. The minimum absolute atomic E-state index is 0.0407. The van der Waals surface area contributed by atoms with Crippen molar-refractivity contribution >= 4 is 17.5 Å². The molecule has 2 atom stereocenters. The van der Waals surface area contributed by atoms with Crippen molar-refractivity contribution in [2.75, 3.05) is 33.2 Å². The molecule has 1 N–H and O–H groups in total. The van der Waals surface area contributed by atoms with E-state index in [9.17, 15) is 14.7 Å². The van der Waals surface area contributed by atoms with Crippen molar-refractivity contribution in [2.45, 2.75) is 6.92 Å². The van der Waals surface area contributed by atoms with Gasteiger partial charge in [-0.05, 0) is 19.5 Å². The Morgan fingerprint density at radius 1 is 1.29 bits per heavy atom. The first-order valence-electron chi connectivity index (χ1n) is 7.92. The maximum Gasteiger partial charge on any atom is 0.313 e. The molecule has 2 saturated heterocycles. The third-order valence-corrected chi connectivity index (χ3v) is 5.21. The van der Waals surface area contributed by atoms with E-state index in [1.54, 1.807) is 15.6 Å². The van der Waals surface area contributed by atoms with Crippen molar-refractivity contribution in [3.8, 4) is 0 Å². The lowest BCUT2D eigenvalue weighted by Gasteiger charge is -2.23. The number of hydrogen-bond acceptors (Lipinski definition) is 5. The van der Waals surface area contributed by atoms with E-state index in [-0.39, 0.29) is 18.4 Å². The molecule has 0 saturated carbocycles. The zero-order valence-electron chi connectivity index (χ0n) is 13.6. The summed E-state index contributed by atoms with van der Waals surface area (Å²) < 4.78 is 1.58. The number of carboxylic acid groups (broad SMARTS) is 1. The van der Waals surface area contributed by atoms with Crippen LogP contribution in [0.5, 0.6) is 0 Å². The Bertz CT molecular complexity index is 847. The van der Waals surface area contributed by atoms with Crippen molar-refractivity contribution in [3.63, 3.8) is 0 Å². The lowest BCUT2D eigenvalue weighted by Crippen LogP contribution is -2.41. The number of carbonyl (C=O) groups excluding carboxylic acids is 1. The highest BCUT2D eigenvalue weighted by atomic mass is 16.4. The lowest BCUT2D eigenvalue weighted by atomic mass is 9.81. The van der Waals surface area contributed by atoms with Crippen molar-refractivity contribution in [3.05, 3.63) is 29.7 Å². The molecule has 0 radical (unpaired) electrons. The van der Waals surface area contributed by atoms with Crippen LogP contribution in [0.3, 0.4) is 0 Å². The molecular weight excluding hydrogens is 310 g/mol. The Kier molecular flexibility index (Phi) is 3.14. The van der Waals surface area contributed by atoms with Gasteiger partial charge in [0.05, 0.1) is 6.20 Å². The quantitative estimate of drug-likeness (QED) is 0.842. The number of nitrogens with zero attached hydrogens (tertiary/aromatic N) is 5. The number of carbonyl (C=O) groups is 2. The molecule has 0 aromatic carbocycles. The van der Waals surface area contributed by atoms with Crippen LogP contribution in [-0.2, 0) is 4.79 Å². The van der Waals surface area contributed by atoms with Crippen LogP contribution in [0, 0.1) is 18.3 Å². The molecule has 2 aliphatic heterocycles. The molecular formula is C16H19N5O3. The number of fused-ring (bicyclic) bond motifs is 2. The minimum atomic E-state index is -0.864. The van der Waals surface area contributed by atoms with E-state index in [0.717, 1.165) is 5.56 Å². The lowest BCUT2D eigenvalue weighted by molar-refractivity contribution is -0.148. The summed E-state index contributed by atoms with van der Waals surface area (Å²) in [5, 5.41) is 13.9. The Morgan fingerprint density at radius 3 is 2.79 bits per heavy atom. The van der Waals surface area contributed by atoms with Gasteiger partial charge >= 0.3 is 5.97 Å².